The van der Waals surface area contributed by atoms with Gasteiger partial charge in [-0.3, -0.25) is 19.8 Å². The van der Waals surface area contributed by atoms with Crippen LogP contribution in [0.25, 0.3) is 0 Å². The second-order valence-electron chi connectivity index (χ2n) is 6.15. The third-order valence-electron chi connectivity index (χ3n) is 3.90. The zero-order valence-corrected chi connectivity index (χ0v) is 15.5. The minimum atomic E-state index is -4.61. The molecule has 0 heterocycles. The molecule has 1 amide bonds. The zero-order valence-electron chi connectivity index (χ0n) is 14.8. The minimum absolute atomic E-state index is 0.00215. The second-order valence-corrected chi connectivity index (χ2v) is 6.56. The van der Waals surface area contributed by atoms with E-state index in [0.717, 1.165) is 17.7 Å². The second kappa shape index (κ2) is 9.03. The average molecular weight is 416 g/mol. The monoisotopic (exact) mass is 415 g/mol. The molecular weight excluding hydrogens is 399 g/mol. The van der Waals surface area contributed by atoms with Crippen LogP contribution in [0.15, 0.2) is 42.5 Å². The van der Waals surface area contributed by atoms with Crippen LogP contribution >= 0.6 is 11.6 Å². The van der Waals surface area contributed by atoms with Crippen molar-refractivity contribution in [3.63, 3.8) is 0 Å². The van der Waals surface area contributed by atoms with Gasteiger partial charge in [-0.2, -0.15) is 13.2 Å². The van der Waals surface area contributed by atoms with Crippen molar-refractivity contribution in [2.75, 3.05) is 25.5 Å². The summed E-state index contributed by atoms with van der Waals surface area (Å²) >= 11 is 5.55. The Bertz CT molecular complexity index is 857. The van der Waals surface area contributed by atoms with Gasteiger partial charge in [0, 0.05) is 24.4 Å². The molecule has 0 saturated carbocycles. The van der Waals surface area contributed by atoms with Crippen molar-refractivity contribution in [2.45, 2.75) is 12.6 Å². The van der Waals surface area contributed by atoms with E-state index in [4.69, 9.17) is 11.6 Å². The molecule has 0 radical (unpaired) electrons. The van der Waals surface area contributed by atoms with Crippen LogP contribution in [0.1, 0.15) is 11.1 Å². The van der Waals surface area contributed by atoms with Gasteiger partial charge in [0.25, 0.3) is 5.69 Å². The Kier molecular flexibility index (Phi) is 6.98. The molecule has 1 N–H and O–H groups in total. The average Bonchev–Trinajstić information content (AvgIpc) is 2.61. The molecule has 0 aliphatic carbocycles. The number of nitrogens with zero attached hydrogens (tertiary/aromatic N) is 2. The molecule has 0 spiro atoms. The number of non-ortho nitro benzene ring substituents is 1. The first-order valence-electron chi connectivity index (χ1n) is 8.14. The summed E-state index contributed by atoms with van der Waals surface area (Å²) in [5.41, 5.74) is -0.146. The fourth-order valence-electron chi connectivity index (χ4n) is 2.45. The summed E-state index contributed by atoms with van der Waals surface area (Å²) < 4.78 is 38.6. The van der Waals surface area contributed by atoms with Gasteiger partial charge in [0.1, 0.15) is 0 Å². The van der Waals surface area contributed by atoms with Gasteiger partial charge in [-0.25, -0.2) is 0 Å². The molecule has 150 valence electrons. The highest BCUT2D eigenvalue weighted by atomic mass is 35.5. The van der Waals surface area contributed by atoms with E-state index in [-0.39, 0.29) is 17.9 Å². The summed E-state index contributed by atoms with van der Waals surface area (Å²) in [5, 5.41) is 12.6. The summed E-state index contributed by atoms with van der Waals surface area (Å²) in [5.74, 6) is -0.471. The topological polar surface area (TPSA) is 75.5 Å². The van der Waals surface area contributed by atoms with Crippen LogP contribution < -0.4 is 5.32 Å². The van der Waals surface area contributed by atoms with Crippen molar-refractivity contribution in [3.8, 4) is 0 Å². The summed E-state index contributed by atoms with van der Waals surface area (Å²) in [6, 6.07) is 9.25. The standard InChI is InChI=1S/C18H17ClF3N3O3/c1-24(9-8-12-2-5-14(6-3-12)25(27)28)11-17(26)23-13-4-7-16(19)15(10-13)18(20,21)22/h2-7,10H,8-9,11H2,1H3,(H,23,26). The Morgan fingerprint density at radius 2 is 1.86 bits per heavy atom. The molecule has 0 aromatic heterocycles. The lowest BCUT2D eigenvalue weighted by Crippen LogP contribution is -2.31. The first-order valence-corrected chi connectivity index (χ1v) is 8.52. The molecule has 0 aliphatic rings. The molecule has 2 aromatic rings. The smallest absolute Gasteiger partial charge is 0.325 e. The lowest BCUT2D eigenvalue weighted by Gasteiger charge is -2.17. The highest BCUT2D eigenvalue weighted by Gasteiger charge is 2.33. The molecule has 0 saturated heterocycles. The molecule has 6 nitrogen and oxygen atoms in total. The van der Waals surface area contributed by atoms with Gasteiger partial charge in [0.15, 0.2) is 0 Å². The first-order chi connectivity index (χ1) is 13.1. The third kappa shape index (κ3) is 6.21. The number of carbonyl (C=O) groups excluding carboxylic acids is 1. The van der Waals surface area contributed by atoms with Gasteiger partial charge in [0.2, 0.25) is 5.91 Å². The van der Waals surface area contributed by atoms with Crippen molar-refractivity contribution in [1.29, 1.82) is 0 Å². The largest absolute Gasteiger partial charge is 0.417 e. The van der Waals surface area contributed by atoms with E-state index < -0.39 is 27.6 Å². The van der Waals surface area contributed by atoms with Crippen LogP contribution in [-0.2, 0) is 17.4 Å². The molecular formula is C18H17ClF3N3O3. The van der Waals surface area contributed by atoms with Crippen molar-refractivity contribution >= 4 is 28.9 Å². The number of rotatable bonds is 7. The maximum atomic E-state index is 12.9. The van der Waals surface area contributed by atoms with Gasteiger partial charge in [-0.05, 0) is 37.2 Å². The summed E-state index contributed by atoms with van der Waals surface area (Å²) in [7, 11) is 1.69. The molecule has 2 rings (SSSR count). The van der Waals surface area contributed by atoms with Crippen molar-refractivity contribution in [2.24, 2.45) is 0 Å². The van der Waals surface area contributed by atoms with E-state index in [1.807, 2.05) is 0 Å². The Morgan fingerprint density at radius 3 is 2.43 bits per heavy atom. The highest BCUT2D eigenvalue weighted by molar-refractivity contribution is 6.31. The lowest BCUT2D eigenvalue weighted by molar-refractivity contribution is -0.384. The highest BCUT2D eigenvalue weighted by Crippen LogP contribution is 2.36. The van der Waals surface area contributed by atoms with Crippen LogP contribution in [0, 0.1) is 10.1 Å². The number of hydrogen-bond acceptors (Lipinski definition) is 4. The maximum absolute atomic E-state index is 12.9. The maximum Gasteiger partial charge on any atom is 0.417 e. The molecule has 10 heteroatoms. The quantitative estimate of drug-likeness (QED) is 0.538. The van der Waals surface area contributed by atoms with E-state index in [1.54, 1.807) is 24.1 Å². The number of benzene rings is 2. The molecule has 2 aromatic carbocycles. The molecule has 0 unspecified atom stereocenters. The predicted molar refractivity (Wildman–Crippen MR) is 99.4 cm³/mol. The number of amides is 1. The Balaban J connectivity index is 1.88. The number of nitro groups is 1. The van der Waals surface area contributed by atoms with E-state index in [0.29, 0.717) is 13.0 Å². The lowest BCUT2D eigenvalue weighted by atomic mass is 10.1. The van der Waals surface area contributed by atoms with E-state index >= 15 is 0 Å². The third-order valence-corrected chi connectivity index (χ3v) is 4.23. The zero-order chi connectivity index (χ0) is 20.9. The van der Waals surface area contributed by atoms with Crippen molar-refractivity contribution in [1.82, 2.24) is 4.90 Å². The summed E-state index contributed by atoms with van der Waals surface area (Å²) in [6.07, 6.45) is -4.06. The van der Waals surface area contributed by atoms with Gasteiger partial charge in [0.05, 0.1) is 22.1 Å². The van der Waals surface area contributed by atoms with Gasteiger partial charge < -0.3 is 5.32 Å². The van der Waals surface area contributed by atoms with Crippen molar-refractivity contribution < 1.29 is 22.9 Å². The first kappa shape index (κ1) is 21.6. The van der Waals surface area contributed by atoms with Gasteiger partial charge >= 0.3 is 6.18 Å². The predicted octanol–water partition coefficient (Wildman–Crippen LogP) is 4.38. The van der Waals surface area contributed by atoms with Crippen LogP contribution in [0.5, 0.6) is 0 Å². The van der Waals surface area contributed by atoms with Crippen LogP contribution in [0.4, 0.5) is 24.5 Å². The molecule has 0 aliphatic heterocycles. The van der Waals surface area contributed by atoms with Crippen molar-refractivity contribution in [3.05, 3.63) is 68.7 Å². The van der Waals surface area contributed by atoms with Crippen LogP contribution in [0.2, 0.25) is 5.02 Å². The number of nitro benzene ring substituents is 1. The van der Waals surface area contributed by atoms with Gasteiger partial charge in [-0.15, -0.1) is 0 Å². The number of hydrogen-bond donors (Lipinski definition) is 1. The molecule has 0 bridgehead atoms. The van der Waals surface area contributed by atoms with Gasteiger partial charge in [-0.1, -0.05) is 23.7 Å². The number of carbonyl (C=O) groups is 1. The fourth-order valence-corrected chi connectivity index (χ4v) is 2.67. The van der Waals surface area contributed by atoms with E-state index in [9.17, 15) is 28.1 Å². The van der Waals surface area contributed by atoms with Crippen LogP contribution in [0.3, 0.4) is 0 Å². The molecule has 28 heavy (non-hydrogen) atoms. The molecule has 0 atom stereocenters. The fraction of sp³-hybridized carbons (Fsp3) is 0.278. The number of nitrogens with one attached hydrogen (secondary N) is 1. The number of anilines is 1. The Morgan fingerprint density at radius 1 is 1.21 bits per heavy atom. The normalized spacial score (nSPS) is 11.5. The Hall–Kier alpha value is -2.65. The molecule has 0 fully saturated rings. The number of halogens is 4. The van der Waals surface area contributed by atoms with Crippen LogP contribution in [-0.4, -0.2) is 35.9 Å². The minimum Gasteiger partial charge on any atom is -0.325 e. The summed E-state index contributed by atoms with van der Waals surface area (Å²) in [6.45, 7) is 0.455. The SMILES string of the molecule is CN(CCc1ccc([N+](=O)[O-])cc1)CC(=O)Nc1ccc(Cl)c(C(F)(F)F)c1. The number of likely N-dealkylation sites (N-methyl/N-ethyl adjacent to an activating group) is 1. The summed E-state index contributed by atoms with van der Waals surface area (Å²) in [4.78, 5) is 23.9. The Labute approximate surface area is 164 Å². The number of alkyl halides is 3. The van der Waals surface area contributed by atoms with E-state index in [2.05, 4.69) is 5.32 Å². The van der Waals surface area contributed by atoms with E-state index in [1.165, 1.54) is 18.2 Å².